The SMILES string of the molecule is CCCCOc1ccc2c(c1)Nc1c(cc(C(=O)NC)cc1C(=O)O)O2. The molecule has 3 N–H and O–H groups in total. The van der Waals surface area contributed by atoms with Gasteiger partial charge in [-0.25, -0.2) is 4.79 Å². The van der Waals surface area contributed by atoms with Crippen molar-refractivity contribution in [2.24, 2.45) is 0 Å². The molecule has 0 atom stereocenters. The minimum absolute atomic E-state index is 0.0379. The summed E-state index contributed by atoms with van der Waals surface area (Å²) in [6.07, 6.45) is 1.99. The topological polar surface area (TPSA) is 96.9 Å². The first-order valence-electron chi connectivity index (χ1n) is 8.38. The van der Waals surface area contributed by atoms with Gasteiger partial charge in [-0.2, -0.15) is 0 Å². The number of carboxylic acid groups (broad SMARTS) is 1. The number of hydrogen-bond acceptors (Lipinski definition) is 5. The number of rotatable bonds is 6. The van der Waals surface area contributed by atoms with Gasteiger partial charge >= 0.3 is 5.97 Å². The number of carbonyl (C=O) groups is 2. The fourth-order valence-electron chi connectivity index (χ4n) is 2.64. The molecule has 0 radical (unpaired) electrons. The first kappa shape index (κ1) is 17.6. The van der Waals surface area contributed by atoms with Crippen LogP contribution in [-0.4, -0.2) is 30.6 Å². The van der Waals surface area contributed by atoms with E-state index in [0.29, 0.717) is 29.5 Å². The molecule has 0 aliphatic carbocycles. The van der Waals surface area contributed by atoms with Crippen molar-refractivity contribution in [1.82, 2.24) is 5.32 Å². The smallest absolute Gasteiger partial charge is 0.337 e. The lowest BCUT2D eigenvalue weighted by atomic mass is 10.0. The van der Waals surface area contributed by atoms with Gasteiger partial charge in [0.2, 0.25) is 0 Å². The van der Waals surface area contributed by atoms with Crippen molar-refractivity contribution in [1.29, 1.82) is 0 Å². The lowest BCUT2D eigenvalue weighted by molar-refractivity contribution is 0.0697. The quantitative estimate of drug-likeness (QED) is 0.582. The Bertz CT molecular complexity index is 863. The van der Waals surface area contributed by atoms with E-state index in [1.165, 1.54) is 19.2 Å². The van der Waals surface area contributed by atoms with Crippen LogP contribution in [0.1, 0.15) is 40.5 Å². The van der Waals surface area contributed by atoms with Crippen molar-refractivity contribution in [3.05, 3.63) is 41.5 Å². The highest BCUT2D eigenvalue weighted by molar-refractivity contribution is 6.03. The van der Waals surface area contributed by atoms with Crippen LogP contribution in [0.25, 0.3) is 0 Å². The molecular formula is C19H20N2O5. The molecule has 0 saturated heterocycles. The van der Waals surface area contributed by atoms with Crippen LogP contribution in [0.5, 0.6) is 17.2 Å². The number of anilines is 2. The zero-order chi connectivity index (χ0) is 18.7. The standard InChI is InChI=1S/C19H20N2O5/c1-3-4-7-25-12-5-6-15-14(10-12)21-17-13(19(23)24)8-11(18(22)20-2)9-16(17)26-15/h5-6,8-10,21H,3-4,7H2,1-2H3,(H,20,22)(H,23,24). The number of benzene rings is 2. The van der Waals surface area contributed by atoms with E-state index in [2.05, 4.69) is 17.6 Å². The number of aromatic carboxylic acids is 1. The van der Waals surface area contributed by atoms with Crippen LogP contribution in [0.4, 0.5) is 11.4 Å². The van der Waals surface area contributed by atoms with E-state index in [1.807, 2.05) is 0 Å². The summed E-state index contributed by atoms with van der Waals surface area (Å²) in [6.45, 7) is 2.70. The van der Waals surface area contributed by atoms with Crippen molar-refractivity contribution in [2.45, 2.75) is 19.8 Å². The van der Waals surface area contributed by atoms with Crippen molar-refractivity contribution >= 4 is 23.3 Å². The summed E-state index contributed by atoms with van der Waals surface area (Å²) in [5.41, 5.74) is 1.10. The van der Waals surface area contributed by atoms with Gasteiger partial charge in [0, 0.05) is 18.7 Å². The molecule has 0 bridgehead atoms. The molecule has 0 saturated carbocycles. The normalized spacial score (nSPS) is 11.5. The summed E-state index contributed by atoms with van der Waals surface area (Å²) in [7, 11) is 1.48. The number of carbonyl (C=O) groups excluding carboxylic acids is 1. The maximum absolute atomic E-state index is 11.9. The second-order valence-corrected chi connectivity index (χ2v) is 5.87. The van der Waals surface area contributed by atoms with Crippen LogP contribution >= 0.6 is 0 Å². The number of fused-ring (bicyclic) bond motifs is 2. The maximum Gasteiger partial charge on any atom is 0.337 e. The number of carboxylic acids is 1. The highest BCUT2D eigenvalue weighted by Crippen LogP contribution is 2.45. The van der Waals surface area contributed by atoms with E-state index in [9.17, 15) is 14.7 Å². The zero-order valence-electron chi connectivity index (χ0n) is 14.6. The Balaban J connectivity index is 1.96. The third kappa shape index (κ3) is 3.42. The van der Waals surface area contributed by atoms with Gasteiger partial charge < -0.3 is 25.2 Å². The lowest BCUT2D eigenvalue weighted by Gasteiger charge is -2.24. The summed E-state index contributed by atoms with van der Waals surface area (Å²) in [5, 5.41) is 15.1. The van der Waals surface area contributed by atoms with E-state index in [0.717, 1.165) is 12.8 Å². The van der Waals surface area contributed by atoms with Crippen LogP contribution < -0.4 is 20.1 Å². The third-order valence-corrected chi connectivity index (χ3v) is 4.02. The highest BCUT2D eigenvalue weighted by atomic mass is 16.5. The molecule has 0 unspecified atom stereocenters. The number of amides is 1. The van der Waals surface area contributed by atoms with Gasteiger partial charge in [0.05, 0.1) is 23.5 Å². The highest BCUT2D eigenvalue weighted by Gasteiger charge is 2.25. The van der Waals surface area contributed by atoms with Gasteiger partial charge in [-0.15, -0.1) is 0 Å². The van der Waals surface area contributed by atoms with Crippen molar-refractivity contribution < 1.29 is 24.2 Å². The van der Waals surface area contributed by atoms with E-state index in [-0.39, 0.29) is 22.8 Å². The van der Waals surface area contributed by atoms with Crippen molar-refractivity contribution in [2.75, 3.05) is 19.0 Å². The number of unbranched alkanes of at least 4 members (excludes halogenated alkanes) is 1. The molecule has 3 rings (SSSR count). The molecule has 1 aliphatic heterocycles. The Morgan fingerprint density at radius 2 is 2.04 bits per heavy atom. The Hall–Kier alpha value is -3.22. The van der Waals surface area contributed by atoms with E-state index >= 15 is 0 Å². The average Bonchev–Trinajstić information content (AvgIpc) is 2.64. The summed E-state index contributed by atoms with van der Waals surface area (Å²) in [4.78, 5) is 23.5. The molecule has 1 heterocycles. The van der Waals surface area contributed by atoms with Gasteiger partial charge in [0.1, 0.15) is 5.75 Å². The minimum atomic E-state index is -1.15. The minimum Gasteiger partial charge on any atom is -0.494 e. The van der Waals surface area contributed by atoms with Gasteiger partial charge in [0.15, 0.2) is 11.5 Å². The van der Waals surface area contributed by atoms with E-state index in [4.69, 9.17) is 9.47 Å². The molecule has 0 fully saturated rings. The summed E-state index contributed by atoms with van der Waals surface area (Å²) >= 11 is 0. The summed E-state index contributed by atoms with van der Waals surface area (Å²) < 4.78 is 11.5. The van der Waals surface area contributed by atoms with Gasteiger partial charge in [-0.05, 0) is 30.7 Å². The first-order chi connectivity index (χ1) is 12.5. The Morgan fingerprint density at radius 1 is 1.23 bits per heavy atom. The fraction of sp³-hybridized carbons (Fsp3) is 0.263. The molecular weight excluding hydrogens is 336 g/mol. The number of hydrogen-bond donors (Lipinski definition) is 3. The Kier molecular flexibility index (Phi) is 4.97. The molecule has 7 nitrogen and oxygen atoms in total. The molecule has 26 heavy (non-hydrogen) atoms. The molecule has 0 spiro atoms. The summed E-state index contributed by atoms with van der Waals surface area (Å²) in [6, 6.07) is 8.15. The number of ether oxygens (including phenoxy) is 2. The number of nitrogens with one attached hydrogen (secondary N) is 2. The van der Waals surface area contributed by atoms with Crippen LogP contribution in [0, 0.1) is 0 Å². The Labute approximate surface area is 150 Å². The maximum atomic E-state index is 11.9. The second kappa shape index (κ2) is 7.35. The molecule has 1 aliphatic rings. The van der Waals surface area contributed by atoms with Crippen molar-refractivity contribution in [3.8, 4) is 17.2 Å². The van der Waals surface area contributed by atoms with E-state index < -0.39 is 5.97 Å². The zero-order valence-corrected chi connectivity index (χ0v) is 14.6. The van der Waals surface area contributed by atoms with Gasteiger partial charge in [0.25, 0.3) is 5.91 Å². The first-order valence-corrected chi connectivity index (χ1v) is 8.38. The van der Waals surface area contributed by atoms with Gasteiger partial charge in [-0.3, -0.25) is 4.79 Å². The Morgan fingerprint density at radius 3 is 2.73 bits per heavy atom. The van der Waals surface area contributed by atoms with Crippen LogP contribution in [0.15, 0.2) is 30.3 Å². The molecule has 7 heteroatoms. The molecule has 2 aromatic carbocycles. The monoisotopic (exact) mass is 356 g/mol. The lowest BCUT2D eigenvalue weighted by Crippen LogP contribution is -2.19. The average molecular weight is 356 g/mol. The molecule has 0 aromatic heterocycles. The fourth-order valence-corrected chi connectivity index (χ4v) is 2.64. The molecule has 2 aromatic rings. The second-order valence-electron chi connectivity index (χ2n) is 5.87. The third-order valence-electron chi connectivity index (χ3n) is 4.02. The predicted octanol–water partition coefficient (Wildman–Crippen LogP) is 3.77. The van der Waals surface area contributed by atoms with Crippen LogP contribution in [-0.2, 0) is 0 Å². The van der Waals surface area contributed by atoms with Crippen LogP contribution in [0.2, 0.25) is 0 Å². The van der Waals surface area contributed by atoms with E-state index in [1.54, 1.807) is 18.2 Å². The largest absolute Gasteiger partial charge is 0.494 e. The predicted molar refractivity (Wildman–Crippen MR) is 97.0 cm³/mol. The van der Waals surface area contributed by atoms with Crippen LogP contribution in [0.3, 0.4) is 0 Å². The molecule has 1 amide bonds. The van der Waals surface area contributed by atoms with Crippen molar-refractivity contribution in [3.63, 3.8) is 0 Å². The molecule has 136 valence electrons. The van der Waals surface area contributed by atoms with Gasteiger partial charge in [-0.1, -0.05) is 13.3 Å². The summed E-state index contributed by atoms with van der Waals surface area (Å²) in [5.74, 6) is -0.0386.